The smallest absolute Gasteiger partial charge is 0.359 e. The van der Waals surface area contributed by atoms with Gasteiger partial charge in [-0.1, -0.05) is 6.07 Å². The van der Waals surface area contributed by atoms with E-state index in [0.29, 0.717) is 0 Å². The summed E-state index contributed by atoms with van der Waals surface area (Å²) in [5.41, 5.74) is -0.00541. The SMILES string of the molecule is CNc1cccc(P(=O)(O)O)c1P(=O)(O)O. The van der Waals surface area contributed by atoms with Gasteiger partial charge in [0, 0.05) is 7.05 Å². The molecular weight excluding hydrogens is 256 g/mol. The quantitative estimate of drug-likeness (QED) is 0.460. The van der Waals surface area contributed by atoms with E-state index in [2.05, 4.69) is 5.32 Å². The van der Waals surface area contributed by atoms with Crippen molar-refractivity contribution in [1.82, 2.24) is 0 Å². The summed E-state index contributed by atoms with van der Waals surface area (Å²) in [6.45, 7) is 0. The van der Waals surface area contributed by atoms with Crippen LogP contribution in [0.3, 0.4) is 0 Å². The molecule has 0 aromatic heterocycles. The normalized spacial score (nSPS) is 12.6. The molecule has 0 unspecified atom stereocenters. The van der Waals surface area contributed by atoms with Gasteiger partial charge in [-0.15, -0.1) is 0 Å². The van der Waals surface area contributed by atoms with Gasteiger partial charge in [-0.05, 0) is 12.1 Å². The molecule has 0 bridgehead atoms. The number of rotatable bonds is 3. The molecule has 0 aliphatic heterocycles. The molecule has 0 fully saturated rings. The fourth-order valence-corrected chi connectivity index (χ4v) is 3.61. The van der Waals surface area contributed by atoms with Crippen LogP contribution in [-0.4, -0.2) is 26.6 Å². The van der Waals surface area contributed by atoms with Crippen molar-refractivity contribution in [3.63, 3.8) is 0 Å². The van der Waals surface area contributed by atoms with Crippen molar-refractivity contribution >= 4 is 31.5 Å². The third-order valence-electron chi connectivity index (χ3n) is 1.89. The lowest BCUT2D eigenvalue weighted by atomic mass is 10.3. The van der Waals surface area contributed by atoms with Crippen LogP contribution in [0, 0.1) is 0 Å². The zero-order valence-corrected chi connectivity index (χ0v) is 10.0. The van der Waals surface area contributed by atoms with Crippen LogP contribution in [-0.2, 0) is 9.13 Å². The summed E-state index contributed by atoms with van der Waals surface area (Å²) < 4.78 is 22.3. The van der Waals surface area contributed by atoms with Crippen LogP contribution in [0.25, 0.3) is 0 Å². The van der Waals surface area contributed by atoms with Crippen molar-refractivity contribution in [3.8, 4) is 0 Å². The molecule has 7 nitrogen and oxygen atoms in total. The standard InChI is InChI=1S/C7H11NO6P2/c1-8-5-3-2-4-6(15(9,10)11)7(5)16(12,13)14/h2-4,8H,1H3,(H2,9,10,11)(H2,12,13,14). The van der Waals surface area contributed by atoms with Crippen LogP contribution in [0.4, 0.5) is 5.69 Å². The van der Waals surface area contributed by atoms with Gasteiger partial charge in [0.05, 0.1) is 11.0 Å². The van der Waals surface area contributed by atoms with Crippen LogP contribution in [0.1, 0.15) is 0 Å². The molecule has 90 valence electrons. The molecule has 5 N–H and O–H groups in total. The first-order valence-corrected chi connectivity index (χ1v) is 7.33. The Morgan fingerprint density at radius 1 is 1.06 bits per heavy atom. The van der Waals surface area contributed by atoms with Crippen molar-refractivity contribution in [3.05, 3.63) is 18.2 Å². The van der Waals surface area contributed by atoms with E-state index in [-0.39, 0.29) is 5.69 Å². The second-order valence-electron chi connectivity index (χ2n) is 3.01. The lowest BCUT2D eigenvalue weighted by molar-refractivity contribution is 0.381. The predicted octanol–water partition coefficient (Wildman–Crippen LogP) is -0.666. The van der Waals surface area contributed by atoms with Gasteiger partial charge in [0.2, 0.25) is 0 Å². The predicted molar refractivity (Wildman–Crippen MR) is 59.3 cm³/mol. The number of benzene rings is 1. The molecule has 0 amide bonds. The zero-order chi connectivity index (χ0) is 12.6. The van der Waals surface area contributed by atoms with E-state index >= 15 is 0 Å². The molecule has 1 aromatic carbocycles. The van der Waals surface area contributed by atoms with Gasteiger partial charge in [-0.3, -0.25) is 9.13 Å². The third kappa shape index (κ3) is 2.71. The molecule has 0 spiro atoms. The van der Waals surface area contributed by atoms with Crippen LogP contribution in [0.5, 0.6) is 0 Å². The highest BCUT2D eigenvalue weighted by Crippen LogP contribution is 2.42. The molecule has 16 heavy (non-hydrogen) atoms. The second-order valence-corrected chi connectivity index (χ2v) is 6.12. The summed E-state index contributed by atoms with van der Waals surface area (Å²) in [6, 6.07) is 3.63. The van der Waals surface area contributed by atoms with E-state index in [1.807, 2.05) is 0 Å². The average molecular weight is 267 g/mol. The highest BCUT2D eigenvalue weighted by molar-refractivity contribution is 7.67. The van der Waals surface area contributed by atoms with Crippen LogP contribution in [0.15, 0.2) is 18.2 Å². The summed E-state index contributed by atoms with van der Waals surface area (Å²) in [5.74, 6) is 0. The van der Waals surface area contributed by atoms with Crippen LogP contribution < -0.4 is 15.9 Å². The Hall–Kier alpha value is -0.680. The highest BCUT2D eigenvalue weighted by Gasteiger charge is 2.32. The summed E-state index contributed by atoms with van der Waals surface area (Å²) in [7, 11) is -8.08. The van der Waals surface area contributed by atoms with Crippen molar-refractivity contribution in [2.45, 2.75) is 0 Å². The van der Waals surface area contributed by atoms with Crippen LogP contribution >= 0.6 is 15.2 Å². The molecule has 0 radical (unpaired) electrons. The maximum atomic E-state index is 11.2. The first-order chi connectivity index (χ1) is 7.18. The summed E-state index contributed by atoms with van der Waals surface area (Å²) in [6.07, 6.45) is 0. The lowest BCUT2D eigenvalue weighted by Gasteiger charge is -2.15. The van der Waals surface area contributed by atoms with E-state index in [1.165, 1.54) is 19.2 Å². The van der Waals surface area contributed by atoms with Crippen LogP contribution in [0.2, 0.25) is 0 Å². The summed E-state index contributed by atoms with van der Waals surface area (Å²) >= 11 is 0. The summed E-state index contributed by atoms with van der Waals surface area (Å²) in [4.78, 5) is 36.1. The Morgan fingerprint density at radius 2 is 1.62 bits per heavy atom. The minimum atomic E-state index is -4.76. The Labute approximate surface area is 91.4 Å². The average Bonchev–Trinajstić information content (AvgIpc) is 2.13. The zero-order valence-electron chi connectivity index (χ0n) is 8.23. The Kier molecular flexibility index (Phi) is 3.59. The van der Waals surface area contributed by atoms with E-state index < -0.39 is 25.8 Å². The number of hydrogen-bond donors (Lipinski definition) is 5. The van der Waals surface area contributed by atoms with Gasteiger partial charge in [0.15, 0.2) is 0 Å². The maximum Gasteiger partial charge on any atom is 0.359 e. The monoisotopic (exact) mass is 267 g/mol. The molecular formula is C7H11NO6P2. The molecule has 1 aromatic rings. The molecule has 9 heteroatoms. The first kappa shape index (κ1) is 13.4. The molecule has 0 heterocycles. The second kappa shape index (κ2) is 4.30. The van der Waals surface area contributed by atoms with E-state index in [1.54, 1.807) is 0 Å². The Bertz CT molecular complexity index is 490. The largest absolute Gasteiger partial charge is 0.387 e. The van der Waals surface area contributed by atoms with Crippen molar-refractivity contribution in [2.24, 2.45) is 0 Å². The minimum Gasteiger partial charge on any atom is -0.387 e. The Morgan fingerprint density at radius 3 is 2.00 bits per heavy atom. The van der Waals surface area contributed by atoms with Gasteiger partial charge in [-0.25, -0.2) is 0 Å². The third-order valence-corrected chi connectivity index (χ3v) is 4.13. The van der Waals surface area contributed by atoms with Gasteiger partial charge in [-0.2, -0.15) is 0 Å². The van der Waals surface area contributed by atoms with Crippen molar-refractivity contribution < 1.29 is 28.7 Å². The topological polar surface area (TPSA) is 127 Å². The fourth-order valence-electron chi connectivity index (χ4n) is 1.27. The number of anilines is 1. The van der Waals surface area contributed by atoms with Gasteiger partial charge in [0.1, 0.15) is 5.30 Å². The van der Waals surface area contributed by atoms with Gasteiger partial charge < -0.3 is 24.9 Å². The highest BCUT2D eigenvalue weighted by atomic mass is 31.2. The fraction of sp³-hybridized carbons (Fsp3) is 0.143. The molecule has 0 saturated heterocycles. The molecule has 0 atom stereocenters. The van der Waals surface area contributed by atoms with Gasteiger partial charge >= 0.3 is 15.2 Å². The van der Waals surface area contributed by atoms with E-state index in [4.69, 9.17) is 19.6 Å². The Balaban J connectivity index is 3.64. The molecule has 0 saturated carbocycles. The molecule has 0 aliphatic carbocycles. The molecule has 0 aliphatic rings. The lowest BCUT2D eigenvalue weighted by Crippen LogP contribution is -2.27. The number of hydrogen-bond acceptors (Lipinski definition) is 3. The summed E-state index contributed by atoms with van der Waals surface area (Å²) in [5, 5.41) is 1.16. The molecule has 1 rings (SSSR count). The minimum absolute atomic E-state index is 0.00541. The maximum absolute atomic E-state index is 11.2. The number of nitrogens with one attached hydrogen (secondary N) is 1. The van der Waals surface area contributed by atoms with E-state index in [9.17, 15) is 9.13 Å². The van der Waals surface area contributed by atoms with Crippen molar-refractivity contribution in [2.75, 3.05) is 12.4 Å². The first-order valence-electron chi connectivity index (χ1n) is 4.11. The van der Waals surface area contributed by atoms with Gasteiger partial charge in [0.25, 0.3) is 0 Å². The van der Waals surface area contributed by atoms with E-state index in [0.717, 1.165) is 6.07 Å². The van der Waals surface area contributed by atoms with Crippen molar-refractivity contribution in [1.29, 1.82) is 0 Å².